The third-order valence-corrected chi connectivity index (χ3v) is 7.45. The lowest BCUT2D eigenvalue weighted by atomic mass is 9.98. The average Bonchev–Trinajstić information content (AvgIpc) is 3.21. The number of hydrogen-bond acceptors (Lipinski definition) is 5. The SMILES string of the molecule is Cc1ccc([C@H]2CC(c3ccc(NS(C)(=O)=O)cc3)=NN2S(=O)(=O)c2ccccc2)cc1. The van der Waals surface area contributed by atoms with Crippen molar-refractivity contribution < 1.29 is 16.8 Å². The number of hydrazone groups is 1. The van der Waals surface area contributed by atoms with Crippen LogP contribution in [0.25, 0.3) is 0 Å². The van der Waals surface area contributed by atoms with Crippen molar-refractivity contribution >= 4 is 31.4 Å². The molecule has 3 aromatic carbocycles. The first-order valence-corrected chi connectivity index (χ1v) is 13.3. The van der Waals surface area contributed by atoms with Crippen LogP contribution in [0.3, 0.4) is 0 Å². The third kappa shape index (κ3) is 4.68. The number of benzene rings is 3. The summed E-state index contributed by atoms with van der Waals surface area (Å²) in [5.41, 5.74) is 3.70. The maximum atomic E-state index is 13.4. The second kappa shape index (κ2) is 8.40. The van der Waals surface area contributed by atoms with Gasteiger partial charge in [0.05, 0.1) is 22.9 Å². The molecule has 0 unspecified atom stereocenters. The molecule has 3 aromatic rings. The number of rotatable bonds is 6. The summed E-state index contributed by atoms with van der Waals surface area (Å²) < 4.78 is 53.3. The molecule has 1 heterocycles. The molecule has 0 spiro atoms. The van der Waals surface area contributed by atoms with Crippen LogP contribution in [-0.2, 0) is 20.0 Å². The Hall–Kier alpha value is -3.17. The van der Waals surface area contributed by atoms with Gasteiger partial charge in [0, 0.05) is 12.1 Å². The quantitative estimate of drug-likeness (QED) is 0.592. The van der Waals surface area contributed by atoms with Gasteiger partial charge in [-0.25, -0.2) is 8.42 Å². The number of aryl methyl sites for hydroxylation is 1. The molecule has 7 nitrogen and oxygen atoms in total. The fourth-order valence-electron chi connectivity index (χ4n) is 3.57. The second-order valence-corrected chi connectivity index (χ2v) is 11.3. The van der Waals surface area contributed by atoms with E-state index >= 15 is 0 Å². The van der Waals surface area contributed by atoms with Crippen LogP contribution in [0.1, 0.15) is 29.2 Å². The van der Waals surface area contributed by atoms with E-state index in [1.807, 2.05) is 31.2 Å². The molecule has 1 atom stereocenters. The van der Waals surface area contributed by atoms with Crippen LogP contribution in [0.2, 0.25) is 0 Å². The molecule has 0 bridgehead atoms. The molecular weight excluding hydrogens is 446 g/mol. The van der Waals surface area contributed by atoms with Gasteiger partial charge in [-0.15, -0.1) is 0 Å². The molecule has 4 rings (SSSR count). The van der Waals surface area contributed by atoms with Gasteiger partial charge in [-0.05, 0) is 42.3 Å². The lowest BCUT2D eigenvalue weighted by Gasteiger charge is -2.23. The van der Waals surface area contributed by atoms with Crippen LogP contribution in [0.5, 0.6) is 0 Å². The summed E-state index contributed by atoms with van der Waals surface area (Å²) in [6, 6.07) is 22.2. The van der Waals surface area contributed by atoms with Gasteiger partial charge in [0.25, 0.3) is 10.0 Å². The molecule has 0 radical (unpaired) electrons. The van der Waals surface area contributed by atoms with Gasteiger partial charge in [0.15, 0.2) is 0 Å². The Labute approximate surface area is 188 Å². The van der Waals surface area contributed by atoms with Crippen molar-refractivity contribution in [3.05, 3.63) is 95.6 Å². The van der Waals surface area contributed by atoms with Crippen LogP contribution in [0, 0.1) is 6.92 Å². The predicted molar refractivity (Wildman–Crippen MR) is 125 cm³/mol. The molecule has 1 N–H and O–H groups in total. The Balaban J connectivity index is 1.73. The maximum absolute atomic E-state index is 13.4. The molecule has 0 amide bonds. The molecule has 0 aromatic heterocycles. The van der Waals surface area contributed by atoms with Crippen LogP contribution in [0.15, 0.2) is 88.9 Å². The van der Waals surface area contributed by atoms with E-state index in [1.54, 1.807) is 54.6 Å². The topological polar surface area (TPSA) is 95.9 Å². The Morgan fingerprint density at radius 1 is 0.875 bits per heavy atom. The average molecular weight is 470 g/mol. The summed E-state index contributed by atoms with van der Waals surface area (Å²) in [4.78, 5) is 0.176. The van der Waals surface area contributed by atoms with Crippen molar-refractivity contribution in [1.82, 2.24) is 4.41 Å². The van der Waals surface area contributed by atoms with Crippen molar-refractivity contribution in [2.75, 3.05) is 11.0 Å². The minimum absolute atomic E-state index is 0.176. The number of nitrogens with zero attached hydrogens (tertiary/aromatic N) is 2. The van der Waals surface area contributed by atoms with Crippen LogP contribution >= 0.6 is 0 Å². The first kappa shape index (κ1) is 22.0. The normalized spacial score (nSPS) is 16.6. The second-order valence-electron chi connectivity index (χ2n) is 7.72. The Morgan fingerprint density at radius 3 is 2.09 bits per heavy atom. The Bertz CT molecular complexity index is 1350. The maximum Gasteiger partial charge on any atom is 0.279 e. The van der Waals surface area contributed by atoms with Crippen LogP contribution in [0.4, 0.5) is 5.69 Å². The van der Waals surface area contributed by atoms with Crippen molar-refractivity contribution in [3.8, 4) is 0 Å². The predicted octanol–water partition coefficient (Wildman–Crippen LogP) is 3.91. The molecule has 1 aliphatic rings. The highest BCUT2D eigenvalue weighted by Gasteiger charge is 2.37. The highest BCUT2D eigenvalue weighted by Crippen LogP contribution is 2.37. The highest BCUT2D eigenvalue weighted by molar-refractivity contribution is 7.92. The van der Waals surface area contributed by atoms with Crippen molar-refractivity contribution in [2.45, 2.75) is 24.3 Å². The van der Waals surface area contributed by atoms with Gasteiger partial charge < -0.3 is 0 Å². The summed E-state index contributed by atoms with van der Waals surface area (Å²) in [6.45, 7) is 1.98. The minimum atomic E-state index is -3.87. The minimum Gasteiger partial charge on any atom is -0.284 e. The number of hydrogen-bond donors (Lipinski definition) is 1. The van der Waals surface area contributed by atoms with E-state index in [0.29, 0.717) is 17.8 Å². The van der Waals surface area contributed by atoms with Crippen molar-refractivity contribution in [2.24, 2.45) is 5.10 Å². The molecule has 0 saturated heterocycles. The number of nitrogens with one attached hydrogen (secondary N) is 1. The first-order valence-electron chi connectivity index (χ1n) is 9.95. The Morgan fingerprint density at radius 2 is 1.50 bits per heavy atom. The molecule has 1 aliphatic heterocycles. The van der Waals surface area contributed by atoms with E-state index in [-0.39, 0.29) is 4.90 Å². The number of anilines is 1. The van der Waals surface area contributed by atoms with Crippen molar-refractivity contribution in [3.63, 3.8) is 0 Å². The summed E-state index contributed by atoms with van der Waals surface area (Å²) >= 11 is 0. The zero-order valence-corrected chi connectivity index (χ0v) is 19.3. The molecule has 0 saturated carbocycles. The molecule has 32 heavy (non-hydrogen) atoms. The summed E-state index contributed by atoms with van der Waals surface area (Å²) in [5, 5.41) is 4.51. The van der Waals surface area contributed by atoms with Gasteiger partial charge in [0.1, 0.15) is 0 Å². The van der Waals surface area contributed by atoms with Crippen LogP contribution < -0.4 is 4.72 Å². The summed E-state index contributed by atoms with van der Waals surface area (Å²) in [5.74, 6) is 0. The third-order valence-electron chi connectivity index (χ3n) is 5.14. The van der Waals surface area contributed by atoms with E-state index in [9.17, 15) is 16.8 Å². The first-order chi connectivity index (χ1) is 15.1. The van der Waals surface area contributed by atoms with E-state index in [2.05, 4.69) is 9.82 Å². The lowest BCUT2D eigenvalue weighted by Crippen LogP contribution is -2.27. The van der Waals surface area contributed by atoms with Crippen molar-refractivity contribution in [1.29, 1.82) is 0 Å². The van der Waals surface area contributed by atoms with Gasteiger partial charge in [0.2, 0.25) is 10.0 Å². The van der Waals surface area contributed by atoms with E-state index in [0.717, 1.165) is 22.9 Å². The Kier molecular flexibility index (Phi) is 5.79. The molecule has 0 aliphatic carbocycles. The van der Waals surface area contributed by atoms with Gasteiger partial charge >= 0.3 is 0 Å². The van der Waals surface area contributed by atoms with Gasteiger partial charge in [-0.1, -0.05) is 60.2 Å². The molecule has 166 valence electrons. The fraction of sp³-hybridized carbons (Fsp3) is 0.174. The monoisotopic (exact) mass is 469 g/mol. The highest BCUT2D eigenvalue weighted by atomic mass is 32.2. The van der Waals surface area contributed by atoms with Gasteiger partial charge in [-0.3, -0.25) is 4.72 Å². The fourth-order valence-corrected chi connectivity index (χ4v) is 5.59. The van der Waals surface area contributed by atoms with E-state index in [4.69, 9.17) is 0 Å². The molecule has 9 heteroatoms. The van der Waals surface area contributed by atoms with E-state index < -0.39 is 26.1 Å². The number of sulfonamides is 2. The zero-order valence-electron chi connectivity index (χ0n) is 17.6. The smallest absolute Gasteiger partial charge is 0.279 e. The summed E-state index contributed by atoms with van der Waals surface area (Å²) in [7, 11) is -7.25. The standard InChI is InChI=1S/C23H23N3O4S2/c1-17-8-10-19(11-9-17)23-16-22(18-12-14-20(15-13-18)25-31(2,27)28)24-26(23)32(29,30)21-6-4-3-5-7-21/h3-15,23,25H,16H2,1-2H3/t23-/m1/s1. The van der Waals surface area contributed by atoms with E-state index in [1.165, 1.54) is 4.41 Å². The van der Waals surface area contributed by atoms with Crippen LogP contribution in [-0.4, -0.2) is 33.2 Å². The lowest BCUT2D eigenvalue weighted by molar-refractivity contribution is 0.371. The molecule has 0 fully saturated rings. The van der Waals surface area contributed by atoms with Gasteiger partial charge in [-0.2, -0.15) is 17.9 Å². The largest absolute Gasteiger partial charge is 0.284 e. The zero-order chi connectivity index (χ0) is 22.9. The summed E-state index contributed by atoms with van der Waals surface area (Å²) in [6.07, 6.45) is 1.48. The molecular formula is C23H23N3O4S2.